The molecule has 6 N–H and O–H groups in total. The molecule has 1 saturated carbocycles. The molecular weight excluding hydrogens is 514 g/mol. The number of hydrogen-bond acceptors (Lipinski definition) is 9. The molecule has 1 saturated heterocycles. The van der Waals surface area contributed by atoms with Gasteiger partial charge >= 0.3 is 0 Å². The minimum Gasteiger partial charge on any atom is -0.396 e. The van der Waals surface area contributed by atoms with Gasteiger partial charge in [0.25, 0.3) is 0 Å². The van der Waals surface area contributed by atoms with Crippen LogP contribution < -0.4 is 15.5 Å². The van der Waals surface area contributed by atoms with Gasteiger partial charge in [0.1, 0.15) is 10.6 Å². The lowest BCUT2D eigenvalue weighted by Gasteiger charge is -2.41. The van der Waals surface area contributed by atoms with Crippen molar-refractivity contribution in [1.82, 2.24) is 15.3 Å². The zero-order valence-electron chi connectivity index (χ0n) is 21.1. The lowest BCUT2D eigenvalue weighted by molar-refractivity contribution is 0.0985. The summed E-state index contributed by atoms with van der Waals surface area (Å²) in [5.41, 5.74) is 2.25. The largest absolute Gasteiger partial charge is 0.396 e. The Hall–Kier alpha value is -2.06. The Balaban J connectivity index is 1.64. The van der Waals surface area contributed by atoms with E-state index in [1.54, 1.807) is 0 Å². The number of morpholine rings is 1. The summed E-state index contributed by atoms with van der Waals surface area (Å²) >= 11 is 5.30. The molecule has 0 radical (unpaired) electrons. The molecule has 1 aromatic heterocycles. The summed E-state index contributed by atoms with van der Waals surface area (Å²) in [5.74, 6) is 1.42. The number of ether oxygens (including phenoxy) is 1. The number of aliphatic hydroxyl groups is 2. The molecule has 1 aliphatic carbocycles. The molecule has 1 aliphatic heterocycles. The number of benzene rings is 1. The van der Waals surface area contributed by atoms with Gasteiger partial charge in [-0.1, -0.05) is 0 Å². The van der Waals surface area contributed by atoms with Gasteiger partial charge in [-0.2, -0.15) is 10.6 Å². The van der Waals surface area contributed by atoms with Gasteiger partial charge in [0.15, 0.2) is 10.9 Å². The molecule has 37 heavy (non-hydrogen) atoms. The van der Waals surface area contributed by atoms with E-state index in [1.807, 2.05) is 30.3 Å². The van der Waals surface area contributed by atoms with Crippen LogP contribution in [0.2, 0.25) is 0 Å². The van der Waals surface area contributed by atoms with Gasteiger partial charge in [-0.3, -0.25) is 9.11 Å². The minimum atomic E-state index is -2.99. The smallest absolute Gasteiger partial charge is 0.170 e. The van der Waals surface area contributed by atoms with Crippen molar-refractivity contribution in [2.45, 2.75) is 43.4 Å². The SMILES string of the molecule is C[C@H]1COCCN1c1cc(C2(S(O)(O)CCCO)CC2)nc(-c2ccc(NC(=S)NCCCO)cc2)n1. The highest BCUT2D eigenvalue weighted by Crippen LogP contribution is 2.71. The zero-order chi connectivity index (χ0) is 26.5. The topological polar surface area (TPSA) is 143 Å². The maximum absolute atomic E-state index is 11.1. The highest BCUT2D eigenvalue weighted by atomic mass is 32.3. The monoisotopic (exact) mass is 551 g/mol. The Morgan fingerprint density at radius 1 is 1.16 bits per heavy atom. The molecule has 2 heterocycles. The molecule has 0 bridgehead atoms. The van der Waals surface area contributed by atoms with E-state index in [2.05, 4.69) is 22.5 Å². The first-order valence-electron chi connectivity index (χ1n) is 12.7. The number of hydrogen-bond donors (Lipinski definition) is 6. The number of nitrogens with zero attached hydrogens (tertiary/aromatic N) is 3. The van der Waals surface area contributed by atoms with Crippen LogP contribution in [0.25, 0.3) is 11.4 Å². The number of aromatic nitrogens is 2. The van der Waals surface area contributed by atoms with Crippen molar-refractivity contribution in [2.75, 3.05) is 55.5 Å². The van der Waals surface area contributed by atoms with Crippen molar-refractivity contribution in [3.8, 4) is 11.4 Å². The second-order valence-electron chi connectivity index (χ2n) is 9.53. The number of rotatable bonds is 11. The number of anilines is 2. The molecule has 12 heteroatoms. The Morgan fingerprint density at radius 3 is 2.54 bits per heavy atom. The molecule has 0 spiro atoms. The van der Waals surface area contributed by atoms with Crippen LogP contribution in [0.1, 0.15) is 38.3 Å². The predicted molar refractivity (Wildman–Crippen MR) is 151 cm³/mol. The van der Waals surface area contributed by atoms with Crippen molar-refractivity contribution in [3.05, 3.63) is 36.0 Å². The van der Waals surface area contributed by atoms with Gasteiger partial charge < -0.3 is 30.5 Å². The van der Waals surface area contributed by atoms with Gasteiger partial charge in [-0.15, -0.1) is 0 Å². The van der Waals surface area contributed by atoms with E-state index in [-0.39, 0.29) is 25.0 Å². The van der Waals surface area contributed by atoms with E-state index < -0.39 is 15.3 Å². The maximum atomic E-state index is 11.1. The van der Waals surface area contributed by atoms with Crippen molar-refractivity contribution in [2.24, 2.45) is 0 Å². The van der Waals surface area contributed by atoms with E-state index in [1.165, 1.54) is 0 Å². The number of nitrogens with one attached hydrogen (secondary N) is 2. The fraction of sp³-hybridized carbons (Fsp3) is 0.560. The fourth-order valence-corrected chi connectivity index (χ4v) is 6.83. The van der Waals surface area contributed by atoms with Crippen LogP contribution in [0.3, 0.4) is 0 Å². The molecule has 1 aromatic carbocycles. The molecule has 1 atom stereocenters. The third-order valence-electron chi connectivity index (χ3n) is 6.78. The van der Waals surface area contributed by atoms with Crippen LogP contribution in [-0.4, -0.2) is 85.7 Å². The van der Waals surface area contributed by atoms with E-state index in [4.69, 9.17) is 32.0 Å². The first-order chi connectivity index (χ1) is 17.8. The second-order valence-corrected chi connectivity index (χ2v) is 12.5. The van der Waals surface area contributed by atoms with E-state index in [0.29, 0.717) is 68.6 Å². The van der Waals surface area contributed by atoms with Crippen molar-refractivity contribution >= 4 is 39.4 Å². The molecule has 4 rings (SSSR count). The second kappa shape index (κ2) is 12.2. The molecule has 2 aliphatic rings. The highest BCUT2D eigenvalue weighted by Gasteiger charge is 2.56. The summed E-state index contributed by atoms with van der Waals surface area (Å²) in [6, 6.07) is 9.63. The summed E-state index contributed by atoms with van der Waals surface area (Å²) in [6.07, 6.45) is 2.23. The predicted octanol–water partition coefficient (Wildman–Crippen LogP) is 3.16. The molecule has 2 fully saturated rings. The quantitative estimate of drug-likeness (QED) is 0.181. The summed E-state index contributed by atoms with van der Waals surface area (Å²) in [5, 5.41) is 24.8. The Labute approximate surface area is 224 Å². The molecular formula is C25H37N5O5S2. The summed E-state index contributed by atoms with van der Waals surface area (Å²) < 4.78 is 27.0. The Kier molecular flexibility index (Phi) is 9.22. The lowest BCUT2D eigenvalue weighted by Crippen LogP contribution is -2.44. The zero-order valence-corrected chi connectivity index (χ0v) is 22.7. The average molecular weight is 552 g/mol. The molecule has 204 valence electrons. The van der Waals surface area contributed by atoms with Gasteiger partial charge in [0, 0.05) is 49.4 Å². The first kappa shape index (κ1) is 28.0. The molecule has 0 amide bonds. The van der Waals surface area contributed by atoms with Crippen LogP contribution in [0.5, 0.6) is 0 Å². The summed E-state index contributed by atoms with van der Waals surface area (Å²) in [4.78, 5) is 11.9. The van der Waals surface area contributed by atoms with Crippen molar-refractivity contribution < 1.29 is 24.1 Å². The Bertz CT molecular complexity index is 1070. The normalized spacial score (nSPS) is 19.4. The number of thiocarbonyl (C=S) groups is 1. The van der Waals surface area contributed by atoms with E-state index >= 15 is 0 Å². The lowest BCUT2D eigenvalue weighted by atomic mass is 10.1. The third kappa shape index (κ3) is 6.51. The Morgan fingerprint density at radius 2 is 1.89 bits per heavy atom. The molecule has 10 nitrogen and oxygen atoms in total. The van der Waals surface area contributed by atoms with Crippen molar-refractivity contribution in [1.29, 1.82) is 0 Å². The third-order valence-corrected chi connectivity index (χ3v) is 9.75. The number of aliphatic hydroxyl groups excluding tert-OH is 2. The standard InChI is InChI=1S/C25H37N5O5S2/c1-18-17-35-14-11-30(18)22-16-21(25(8-9-25)37(33,34)15-3-13-32)28-23(29-22)19-4-6-20(7-5-19)27-24(36)26-10-2-12-31/h4-7,16,18,31-34H,2-3,8-15,17H2,1H3,(H2,26,27,36)/t18-/m0/s1. The highest BCUT2D eigenvalue weighted by molar-refractivity contribution is 8.25. The van der Waals surface area contributed by atoms with Crippen LogP contribution in [0.4, 0.5) is 11.5 Å². The van der Waals surface area contributed by atoms with Crippen LogP contribution in [-0.2, 0) is 9.48 Å². The minimum absolute atomic E-state index is 0.0850. The summed E-state index contributed by atoms with van der Waals surface area (Å²) in [6.45, 7) is 4.57. The van der Waals surface area contributed by atoms with Crippen LogP contribution in [0.15, 0.2) is 30.3 Å². The van der Waals surface area contributed by atoms with E-state index in [9.17, 15) is 14.2 Å². The van der Waals surface area contributed by atoms with Gasteiger partial charge in [0.2, 0.25) is 0 Å². The van der Waals surface area contributed by atoms with Gasteiger partial charge in [-0.05, 0) is 69.1 Å². The first-order valence-corrected chi connectivity index (χ1v) is 14.8. The fourth-order valence-electron chi connectivity index (χ4n) is 4.50. The van der Waals surface area contributed by atoms with Crippen LogP contribution in [0, 0.1) is 0 Å². The van der Waals surface area contributed by atoms with Gasteiger partial charge in [-0.25, -0.2) is 9.97 Å². The molecule has 2 aromatic rings. The summed E-state index contributed by atoms with van der Waals surface area (Å²) in [7, 11) is -2.99. The van der Waals surface area contributed by atoms with Crippen LogP contribution >= 0.6 is 22.8 Å². The van der Waals surface area contributed by atoms with E-state index in [0.717, 1.165) is 17.1 Å². The maximum Gasteiger partial charge on any atom is 0.170 e. The average Bonchev–Trinajstić information content (AvgIpc) is 3.71. The molecule has 0 unspecified atom stereocenters. The van der Waals surface area contributed by atoms with Crippen molar-refractivity contribution in [3.63, 3.8) is 0 Å². The van der Waals surface area contributed by atoms with Gasteiger partial charge in [0.05, 0.1) is 24.9 Å².